The second-order valence-corrected chi connectivity index (χ2v) is 3.53. The lowest BCUT2D eigenvalue weighted by molar-refractivity contribution is -0.114. The van der Waals surface area contributed by atoms with Crippen LogP contribution >= 0.6 is 47.4 Å². The van der Waals surface area contributed by atoms with Crippen LogP contribution in [-0.4, -0.2) is 11.6 Å². The highest BCUT2D eigenvalue weighted by molar-refractivity contribution is 7.86. The first-order chi connectivity index (χ1) is 5.46. The highest BCUT2D eigenvalue weighted by atomic mass is 35.5. The van der Waals surface area contributed by atoms with E-state index in [4.69, 9.17) is 34.8 Å². The molecular weight excluding hydrogens is 242 g/mol. The molecule has 0 saturated carbocycles. The lowest BCUT2D eigenvalue weighted by Crippen LogP contribution is -2.14. The Hall–Kier alpha value is 0.0400. The summed E-state index contributed by atoms with van der Waals surface area (Å²) in [6.45, 7) is 0. The molecule has 0 atom stereocenters. The number of rotatable bonds is 0. The molecule has 0 fully saturated rings. The molecule has 2 nitrogen and oxygen atoms in total. The van der Waals surface area contributed by atoms with Crippen LogP contribution in [-0.2, 0) is 9.59 Å². The van der Waals surface area contributed by atoms with Crippen molar-refractivity contribution in [2.45, 2.75) is 0 Å². The van der Waals surface area contributed by atoms with E-state index in [2.05, 4.69) is 12.6 Å². The molecule has 0 aromatic heterocycles. The summed E-state index contributed by atoms with van der Waals surface area (Å²) >= 11 is 19.9. The van der Waals surface area contributed by atoms with Crippen LogP contribution in [0.2, 0.25) is 0 Å². The normalized spacial score (nSPS) is 19.3. The molecular formula is C6HCl3O2S. The molecule has 0 unspecified atom stereocenters. The van der Waals surface area contributed by atoms with Gasteiger partial charge in [-0.2, -0.15) is 0 Å². The fourth-order valence-corrected chi connectivity index (χ4v) is 1.48. The molecule has 12 heavy (non-hydrogen) atoms. The van der Waals surface area contributed by atoms with Gasteiger partial charge in [-0.15, -0.1) is 12.6 Å². The van der Waals surface area contributed by atoms with Crippen LogP contribution in [0.25, 0.3) is 0 Å². The van der Waals surface area contributed by atoms with E-state index in [1.165, 1.54) is 0 Å². The Morgan fingerprint density at radius 3 is 1.75 bits per heavy atom. The maximum absolute atomic E-state index is 11.0. The van der Waals surface area contributed by atoms with Crippen LogP contribution in [0.1, 0.15) is 0 Å². The Labute approximate surface area is 88.6 Å². The zero-order valence-corrected chi connectivity index (χ0v) is 8.56. The van der Waals surface area contributed by atoms with Crippen molar-refractivity contribution < 1.29 is 9.59 Å². The summed E-state index contributed by atoms with van der Waals surface area (Å²) in [6, 6.07) is 0. The first kappa shape index (κ1) is 10.1. The molecule has 0 bridgehead atoms. The minimum atomic E-state index is -0.673. The Balaban J connectivity index is 3.32. The van der Waals surface area contributed by atoms with Crippen molar-refractivity contribution in [3.8, 4) is 0 Å². The van der Waals surface area contributed by atoms with E-state index in [1.54, 1.807) is 0 Å². The van der Waals surface area contributed by atoms with Crippen molar-refractivity contribution in [1.82, 2.24) is 0 Å². The molecule has 1 aliphatic rings. The lowest BCUT2D eigenvalue weighted by Gasteiger charge is -2.09. The minimum Gasteiger partial charge on any atom is -0.287 e. The zero-order valence-electron chi connectivity index (χ0n) is 5.40. The van der Waals surface area contributed by atoms with E-state index >= 15 is 0 Å². The summed E-state index contributed by atoms with van der Waals surface area (Å²) < 4.78 is 0. The van der Waals surface area contributed by atoms with E-state index in [0.717, 1.165) is 0 Å². The SMILES string of the molecule is O=C1C(S)=C(Cl)C(=O)C(Cl)=C1Cl. The fraction of sp³-hybridized carbons (Fsp3) is 0. The van der Waals surface area contributed by atoms with Gasteiger partial charge in [0.05, 0.1) is 4.91 Å². The first-order valence-electron chi connectivity index (χ1n) is 2.70. The van der Waals surface area contributed by atoms with Crippen molar-refractivity contribution in [3.63, 3.8) is 0 Å². The highest BCUT2D eigenvalue weighted by Gasteiger charge is 2.30. The smallest absolute Gasteiger partial charge is 0.218 e. The van der Waals surface area contributed by atoms with Gasteiger partial charge in [0.1, 0.15) is 15.1 Å². The average Bonchev–Trinajstić information content (AvgIpc) is 2.08. The van der Waals surface area contributed by atoms with Gasteiger partial charge in [-0.3, -0.25) is 9.59 Å². The first-order valence-corrected chi connectivity index (χ1v) is 4.28. The molecule has 0 aliphatic heterocycles. The van der Waals surface area contributed by atoms with Gasteiger partial charge in [-0.1, -0.05) is 34.8 Å². The molecule has 0 radical (unpaired) electrons. The van der Waals surface area contributed by atoms with Gasteiger partial charge >= 0.3 is 0 Å². The summed E-state index contributed by atoms with van der Waals surface area (Å²) in [5, 5.41) is -0.988. The molecule has 1 rings (SSSR count). The minimum absolute atomic E-state index is 0.170. The van der Waals surface area contributed by atoms with Gasteiger partial charge < -0.3 is 0 Å². The number of Topliss-reactive ketones (excluding diaryl/α,β-unsaturated/α-hetero) is 2. The topological polar surface area (TPSA) is 34.1 Å². The van der Waals surface area contributed by atoms with Crippen molar-refractivity contribution in [2.24, 2.45) is 0 Å². The lowest BCUT2D eigenvalue weighted by atomic mass is 10.1. The Morgan fingerprint density at radius 2 is 1.25 bits per heavy atom. The van der Waals surface area contributed by atoms with Crippen LogP contribution in [0.5, 0.6) is 0 Å². The summed E-state index contributed by atoms with van der Waals surface area (Å²) in [5.41, 5.74) is 0. The molecule has 0 saturated heterocycles. The maximum atomic E-state index is 11.0. The Bertz CT molecular complexity index is 281. The standard InChI is InChI=1S/C6HCl3O2S/c7-1-2(8)5(11)6(12)3(9)4(1)10/h12H. The van der Waals surface area contributed by atoms with Crippen LogP contribution < -0.4 is 0 Å². The zero-order chi connectivity index (χ0) is 9.46. The molecule has 6 heteroatoms. The van der Waals surface area contributed by atoms with Crippen molar-refractivity contribution >= 4 is 59.0 Å². The average molecular weight is 243 g/mol. The number of thiol groups is 1. The fourth-order valence-electron chi connectivity index (χ4n) is 0.607. The van der Waals surface area contributed by atoms with Crippen LogP contribution in [0.4, 0.5) is 0 Å². The summed E-state index contributed by atoms with van der Waals surface area (Å²) in [6.07, 6.45) is 0. The molecule has 0 N–H and O–H groups in total. The third kappa shape index (κ3) is 1.42. The molecule has 0 aromatic carbocycles. The number of carbonyl (C=O) groups is 2. The van der Waals surface area contributed by atoms with Gasteiger partial charge in [-0.05, 0) is 0 Å². The Morgan fingerprint density at radius 1 is 0.833 bits per heavy atom. The van der Waals surface area contributed by atoms with Gasteiger partial charge in [0, 0.05) is 0 Å². The van der Waals surface area contributed by atoms with E-state index in [1.807, 2.05) is 0 Å². The van der Waals surface area contributed by atoms with Crippen LogP contribution in [0, 0.1) is 0 Å². The van der Waals surface area contributed by atoms with Crippen LogP contribution in [0.3, 0.4) is 0 Å². The van der Waals surface area contributed by atoms with Crippen molar-refractivity contribution in [1.29, 1.82) is 0 Å². The number of allylic oxidation sites excluding steroid dienone is 4. The molecule has 1 aliphatic carbocycles. The summed E-state index contributed by atoms with van der Waals surface area (Å²) in [7, 11) is 0. The van der Waals surface area contributed by atoms with Crippen molar-refractivity contribution in [3.05, 3.63) is 20.0 Å². The highest BCUT2D eigenvalue weighted by Crippen LogP contribution is 2.32. The largest absolute Gasteiger partial charge is 0.287 e. The maximum Gasteiger partial charge on any atom is 0.218 e. The summed E-state index contributed by atoms with van der Waals surface area (Å²) in [4.78, 5) is 21.9. The Kier molecular flexibility index (Phi) is 2.88. The number of hydrogen-bond donors (Lipinski definition) is 1. The third-order valence-corrected chi connectivity index (χ3v) is 2.95. The van der Waals surface area contributed by atoms with Crippen molar-refractivity contribution in [2.75, 3.05) is 0 Å². The van der Waals surface area contributed by atoms with Gasteiger partial charge in [0.15, 0.2) is 0 Å². The van der Waals surface area contributed by atoms with E-state index in [0.29, 0.717) is 0 Å². The van der Waals surface area contributed by atoms with Gasteiger partial charge in [0.2, 0.25) is 11.6 Å². The number of carbonyl (C=O) groups excluding carboxylic acids is 2. The van der Waals surface area contributed by atoms with Crippen LogP contribution in [0.15, 0.2) is 20.0 Å². The van der Waals surface area contributed by atoms with E-state index in [9.17, 15) is 9.59 Å². The molecule has 0 heterocycles. The number of halogens is 3. The second kappa shape index (κ2) is 3.42. The predicted molar refractivity (Wildman–Crippen MR) is 50.6 cm³/mol. The molecule has 0 amide bonds. The quantitative estimate of drug-likeness (QED) is 0.523. The van der Waals surface area contributed by atoms with Gasteiger partial charge in [-0.25, -0.2) is 0 Å². The number of ketones is 2. The molecule has 0 aromatic rings. The van der Waals surface area contributed by atoms with E-state index < -0.39 is 11.6 Å². The second-order valence-electron chi connectivity index (χ2n) is 1.95. The number of hydrogen-bond acceptors (Lipinski definition) is 3. The monoisotopic (exact) mass is 242 g/mol. The molecule has 64 valence electrons. The summed E-state index contributed by atoms with van der Waals surface area (Å²) in [5.74, 6) is -1.30. The third-order valence-electron chi connectivity index (χ3n) is 1.21. The van der Waals surface area contributed by atoms with E-state index in [-0.39, 0.29) is 20.0 Å². The van der Waals surface area contributed by atoms with Gasteiger partial charge in [0.25, 0.3) is 0 Å². The predicted octanol–water partition coefficient (Wildman–Crippen LogP) is 2.21. The molecule has 0 spiro atoms.